The Bertz CT molecular complexity index is 441. The van der Waals surface area contributed by atoms with Crippen LogP contribution < -0.4 is 10.6 Å². The Kier molecular flexibility index (Phi) is 6.11. The number of amides is 2. The minimum Gasteiger partial charge on any atom is -0.324 e. The standard InChI is InChI=1S/C18H33N5O/c1-14(19)21-18(24)23-10-3-4-16(8-13-23)22-11-6-15(7-12-22)17-5-2-9-20-17/h15-17,20H,2-13H2,1H3,(H2,19,21,24)/t16?,17-/m0/s1. The summed E-state index contributed by atoms with van der Waals surface area (Å²) in [6.45, 7) is 6.90. The minimum absolute atomic E-state index is 0.103. The molecule has 2 atom stereocenters. The van der Waals surface area contributed by atoms with Crippen LogP contribution in [0, 0.1) is 11.3 Å². The van der Waals surface area contributed by atoms with Gasteiger partial charge in [0.2, 0.25) is 0 Å². The number of rotatable bonds is 2. The van der Waals surface area contributed by atoms with Gasteiger partial charge >= 0.3 is 6.03 Å². The predicted octanol–water partition coefficient (Wildman–Crippen LogP) is 2.01. The first-order valence-corrected chi connectivity index (χ1v) is 9.72. The summed E-state index contributed by atoms with van der Waals surface area (Å²) in [5.74, 6) is 1.09. The van der Waals surface area contributed by atoms with Crippen LogP contribution in [-0.4, -0.2) is 66.5 Å². The number of urea groups is 1. The van der Waals surface area contributed by atoms with Gasteiger partial charge in [-0.05, 0) is 77.4 Å². The lowest BCUT2D eigenvalue weighted by Gasteiger charge is -2.39. The molecule has 6 heteroatoms. The molecule has 0 bridgehead atoms. The van der Waals surface area contributed by atoms with Gasteiger partial charge in [-0.3, -0.25) is 10.7 Å². The van der Waals surface area contributed by atoms with E-state index in [-0.39, 0.29) is 11.9 Å². The van der Waals surface area contributed by atoms with E-state index >= 15 is 0 Å². The average molecular weight is 335 g/mol. The Morgan fingerprint density at radius 2 is 1.83 bits per heavy atom. The zero-order valence-corrected chi connectivity index (χ0v) is 15.0. The van der Waals surface area contributed by atoms with Crippen LogP contribution in [0.25, 0.3) is 0 Å². The number of carbonyl (C=O) groups is 1. The fraction of sp³-hybridized carbons (Fsp3) is 0.889. The molecule has 2 amide bonds. The lowest BCUT2D eigenvalue weighted by Crippen LogP contribution is -2.46. The molecule has 3 aliphatic rings. The molecule has 3 heterocycles. The molecule has 3 fully saturated rings. The van der Waals surface area contributed by atoms with E-state index in [0.29, 0.717) is 6.04 Å². The summed E-state index contributed by atoms with van der Waals surface area (Å²) < 4.78 is 0. The van der Waals surface area contributed by atoms with Crippen LogP contribution in [0.5, 0.6) is 0 Å². The van der Waals surface area contributed by atoms with Gasteiger partial charge in [0.1, 0.15) is 0 Å². The minimum atomic E-state index is -0.103. The van der Waals surface area contributed by atoms with Crippen LogP contribution in [0.3, 0.4) is 0 Å². The molecule has 6 nitrogen and oxygen atoms in total. The maximum absolute atomic E-state index is 12.1. The number of nitrogens with one attached hydrogen (secondary N) is 3. The normalized spacial score (nSPS) is 30.1. The van der Waals surface area contributed by atoms with E-state index in [4.69, 9.17) is 5.41 Å². The number of carbonyl (C=O) groups excluding carboxylic acids is 1. The smallest absolute Gasteiger partial charge is 0.322 e. The van der Waals surface area contributed by atoms with Crippen LogP contribution >= 0.6 is 0 Å². The van der Waals surface area contributed by atoms with Crippen molar-refractivity contribution >= 4 is 11.9 Å². The monoisotopic (exact) mass is 335 g/mol. The third-order valence-electron chi connectivity index (χ3n) is 6.04. The Morgan fingerprint density at radius 1 is 1.04 bits per heavy atom. The van der Waals surface area contributed by atoms with E-state index in [1.807, 2.05) is 4.90 Å². The van der Waals surface area contributed by atoms with Crippen LogP contribution in [-0.2, 0) is 0 Å². The predicted molar refractivity (Wildman–Crippen MR) is 96.5 cm³/mol. The van der Waals surface area contributed by atoms with Gasteiger partial charge in [0.05, 0.1) is 5.84 Å². The third-order valence-corrected chi connectivity index (χ3v) is 6.04. The summed E-state index contributed by atoms with van der Waals surface area (Å²) in [7, 11) is 0. The zero-order valence-electron chi connectivity index (χ0n) is 15.0. The fourth-order valence-corrected chi connectivity index (χ4v) is 4.69. The van der Waals surface area contributed by atoms with Gasteiger partial charge in [0.25, 0.3) is 0 Å². The van der Waals surface area contributed by atoms with Crippen molar-refractivity contribution in [3.63, 3.8) is 0 Å². The second-order valence-corrected chi connectivity index (χ2v) is 7.70. The summed E-state index contributed by atoms with van der Waals surface area (Å²) in [6, 6.07) is 1.29. The molecular formula is C18H33N5O. The van der Waals surface area contributed by atoms with Crippen molar-refractivity contribution in [2.24, 2.45) is 5.92 Å². The second-order valence-electron chi connectivity index (χ2n) is 7.70. The summed E-state index contributed by atoms with van der Waals surface area (Å²) in [4.78, 5) is 16.6. The van der Waals surface area contributed by atoms with Crippen LogP contribution in [0.2, 0.25) is 0 Å². The highest BCUT2D eigenvalue weighted by Crippen LogP contribution is 2.28. The Balaban J connectivity index is 1.45. The van der Waals surface area contributed by atoms with Gasteiger partial charge in [-0.25, -0.2) is 4.79 Å². The fourth-order valence-electron chi connectivity index (χ4n) is 4.69. The van der Waals surface area contributed by atoms with Gasteiger partial charge in [-0.2, -0.15) is 0 Å². The number of amidine groups is 1. The molecule has 24 heavy (non-hydrogen) atoms. The van der Waals surface area contributed by atoms with Gasteiger partial charge in [0.15, 0.2) is 0 Å². The van der Waals surface area contributed by atoms with Gasteiger partial charge in [-0.15, -0.1) is 0 Å². The lowest BCUT2D eigenvalue weighted by atomic mass is 9.87. The molecule has 0 aliphatic carbocycles. The van der Waals surface area contributed by atoms with Gasteiger partial charge in [-0.1, -0.05) is 0 Å². The van der Waals surface area contributed by atoms with E-state index in [1.54, 1.807) is 6.92 Å². The first-order chi connectivity index (χ1) is 11.6. The molecule has 0 aromatic rings. The Morgan fingerprint density at radius 3 is 2.50 bits per heavy atom. The topological polar surface area (TPSA) is 71.5 Å². The Hall–Kier alpha value is -1.14. The van der Waals surface area contributed by atoms with Crippen molar-refractivity contribution in [1.29, 1.82) is 5.41 Å². The van der Waals surface area contributed by atoms with Gasteiger partial charge < -0.3 is 15.1 Å². The highest BCUT2D eigenvalue weighted by molar-refractivity contribution is 5.94. The van der Waals surface area contributed by atoms with E-state index in [1.165, 1.54) is 51.7 Å². The highest BCUT2D eigenvalue weighted by atomic mass is 16.2. The molecule has 3 saturated heterocycles. The number of hydrogen-bond donors (Lipinski definition) is 3. The first-order valence-electron chi connectivity index (χ1n) is 9.72. The van der Waals surface area contributed by atoms with Crippen molar-refractivity contribution < 1.29 is 4.79 Å². The van der Waals surface area contributed by atoms with Crippen molar-refractivity contribution in [2.75, 3.05) is 32.7 Å². The molecule has 0 saturated carbocycles. The molecule has 136 valence electrons. The zero-order chi connectivity index (χ0) is 16.9. The number of piperidine rings is 1. The van der Waals surface area contributed by atoms with E-state index < -0.39 is 0 Å². The third kappa shape index (κ3) is 4.48. The molecule has 1 unspecified atom stereocenters. The lowest BCUT2D eigenvalue weighted by molar-refractivity contribution is 0.110. The molecule has 0 aromatic carbocycles. The molecule has 3 aliphatic heterocycles. The molecule has 0 aromatic heterocycles. The summed E-state index contributed by atoms with van der Waals surface area (Å²) in [6.07, 6.45) is 8.69. The quantitative estimate of drug-likeness (QED) is 0.534. The van der Waals surface area contributed by atoms with E-state index in [0.717, 1.165) is 37.9 Å². The maximum Gasteiger partial charge on any atom is 0.322 e. The van der Waals surface area contributed by atoms with E-state index in [2.05, 4.69) is 15.5 Å². The molecule has 3 N–H and O–H groups in total. The molecule has 0 radical (unpaired) electrons. The number of nitrogens with zero attached hydrogens (tertiary/aromatic N) is 2. The van der Waals surface area contributed by atoms with Crippen LogP contribution in [0.15, 0.2) is 0 Å². The largest absolute Gasteiger partial charge is 0.324 e. The Labute approximate surface area is 145 Å². The van der Waals surface area contributed by atoms with Crippen molar-refractivity contribution in [3.8, 4) is 0 Å². The van der Waals surface area contributed by atoms with Crippen molar-refractivity contribution in [1.82, 2.24) is 20.4 Å². The second kappa shape index (κ2) is 8.30. The first kappa shape index (κ1) is 17.7. The number of likely N-dealkylation sites (tertiary alicyclic amines) is 2. The van der Waals surface area contributed by atoms with Gasteiger partial charge in [0, 0.05) is 25.2 Å². The van der Waals surface area contributed by atoms with Crippen LogP contribution in [0.4, 0.5) is 4.79 Å². The molecular weight excluding hydrogens is 302 g/mol. The van der Waals surface area contributed by atoms with Crippen LogP contribution in [0.1, 0.15) is 51.9 Å². The summed E-state index contributed by atoms with van der Waals surface area (Å²) in [5.41, 5.74) is 0. The molecule has 3 rings (SSSR count). The SMILES string of the molecule is CC(=N)NC(=O)N1CCCC(N2CCC([C@@H]3CCCN3)CC2)CC1. The average Bonchev–Trinajstić information content (AvgIpc) is 2.99. The van der Waals surface area contributed by atoms with Crippen molar-refractivity contribution in [3.05, 3.63) is 0 Å². The van der Waals surface area contributed by atoms with E-state index in [9.17, 15) is 4.79 Å². The summed E-state index contributed by atoms with van der Waals surface area (Å²) in [5, 5.41) is 13.7. The number of hydrogen-bond acceptors (Lipinski definition) is 4. The molecule has 0 spiro atoms. The summed E-state index contributed by atoms with van der Waals surface area (Å²) >= 11 is 0. The highest BCUT2D eigenvalue weighted by Gasteiger charge is 2.31. The van der Waals surface area contributed by atoms with Crippen molar-refractivity contribution in [2.45, 2.75) is 64.0 Å². The maximum atomic E-state index is 12.1.